The van der Waals surface area contributed by atoms with Crippen molar-refractivity contribution in [3.63, 3.8) is 0 Å². The number of pyridine rings is 2. The predicted molar refractivity (Wildman–Crippen MR) is 117 cm³/mol. The molecule has 2 N–H and O–H groups in total. The second-order valence-corrected chi connectivity index (χ2v) is 9.02. The van der Waals surface area contributed by atoms with Gasteiger partial charge in [-0.25, -0.2) is 4.99 Å². The summed E-state index contributed by atoms with van der Waals surface area (Å²) >= 11 is 0. The summed E-state index contributed by atoms with van der Waals surface area (Å²) in [6.45, 7) is 7.27. The van der Waals surface area contributed by atoms with E-state index in [0.717, 1.165) is 28.1 Å². The fraction of sp³-hybridized carbons (Fsp3) is 0.292. The van der Waals surface area contributed by atoms with Crippen LogP contribution in [0.25, 0.3) is 11.3 Å². The first-order valence-electron chi connectivity index (χ1n) is 10.2. The van der Waals surface area contributed by atoms with Crippen LogP contribution in [0.2, 0.25) is 0 Å². The van der Waals surface area contributed by atoms with Gasteiger partial charge < -0.3 is 19.9 Å². The third kappa shape index (κ3) is 3.46. The molecule has 31 heavy (non-hydrogen) atoms. The highest BCUT2D eigenvalue weighted by Crippen LogP contribution is 2.52. The first kappa shape index (κ1) is 19.4. The van der Waals surface area contributed by atoms with Crippen molar-refractivity contribution >= 4 is 6.02 Å². The van der Waals surface area contributed by atoms with E-state index in [1.165, 1.54) is 0 Å². The largest absolute Gasteiger partial charge is 0.493 e. The Morgan fingerprint density at radius 1 is 1.10 bits per heavy atom. The summed E-state index contributed by atoms with van der Waals surface area (Å²) in [5.41, 5.74) is 8.59. The van der Waals surface area contributed by atoms with Crippen LogP contribution >= 0.6 is 0 Å². The summed E-state index contributed by atoms with van der Waals surface area (Å²) in [7, 11) is 0. The van der Waals surface area contributed by atoms with Crippen LogP contribution in [0.1, 0.15) is 31.9 Å². The predicted octanol–water partition coefficient (Wildman–Crippen LogP) is 4.26. The van der Waals surface area contributed by atoms with E-state index in [2.05, 4.69) is 30.7 Å². The summed E-state index contributed by atoms with van der Waals surface area (Å²) < 4.78 is 17.9. The van der Waals surface area contributed by atoms with Gasteiger partial charge in [-0.3, -0.25) is 9.97 Å². The third-order valence-electron chi connectivity index (χ3n) is 5.29. The Kier molecular flexibility index (Phi) is 4.36. The highest BCUT2D eigenvalue weighted by molar-refractivity contribution is 5.77. The Morgan fingerprint density at radius 2 is 1.94 bits per heavy atom. The lowest BCUT2D eigenvalue weighted by Gasteiger charge is -2.33. The van der Waals surface area contributed by atoms with Crippen molar-refractivity contribution in [1.29, 1.82) is 0 Å². The topological polar surface area (TPSA) is 91.9 Å². The molecule has 0 unspecified atom stereocenters. The molecule has 7 nitrogen and oxygen atoms in total. The van der Waals surface area contributed by atoms with Crippen molar-refractivity contribution in [2.45, 2.75) is 26.3 Å². The van der Waals surface area contributed by atoms with Gasteiger partial charge in [0.2, 0.25) is 0 Å². The van der Waals surface area contributed by atoms with E-state index in [4.69, 9.17) is 24.9 Å². The van der Waals surface area contributed by atoms with Gasteiger partial charge in [-0.2, -0.15) is 0 Å². The van der Waals surface area contributed by atoms with Crippen molar-refractivity contribution < 1.29 is 14.2 Å². The maximum absolute atomic E-state index is 6.19. The van der Waals surface area contributed by atoms with Gasteiger partial charge >= 0.3 is 0 Å². The third-order valence-corrected chi connectivity index (χ3v) is 5.29. The van der Waals surface area contributed by atoms with Crippen molar-refractivity contribution in [2.75, 3.05) is 13.2 Å². The van der Waals surface area contributed by atoms with Gasteiger partial charge in [0.1, 0.15) is 18.1 Å². The van der Waals surface area contributed by atoms with E-state index < -0.39 is 5.54 Å². The molecule has 2 aromatic heterocycles. The van der Waals surface area contributed by atoms with Crippen molar-refractivity contribution in [3.8, 4) is 28.5 Å². The summed E-state index contributed by atoms with van der Waals surface area (Å²) in [4.78, 5) is 13.5. The molecule has 0 saturated heterocycles. The molecule has 7 heteroatoms. The van der Waals surface area contributed by atoms with Gasteiger partial charge in [-0.15, -0.1) is 0 Å². The summed E-state index contributed by atoms with van der Waals surface area (Å²) in [5.74, 6) is 2.07. The molecule has 0 fully saturated rings. The minimum atomic E-state index is -0.825. The lowest BCUT2D eigenvalue weighted by molar-refractivity contribution is 0.197. The standard InChI is InChI=1S/C24H24N4O3/c1-23(2,3)13-29-16-6-7-20-17(9-16)24(14-30-22(25)28-24)18-10-19(27-12-21(18)31-20)15-5-4-8-26-11-15/h4-12H,13-14H2,1-3H3,(H2,25,28)/t24-/m1/s1. The van der Waals surface area contributed by atoms with Crippen LogP contribution < -0.4 is 15.2 Å². The molecule has 1 spiro atoms. The van der Waals surface area contributed by atoms with Crippen LogP contribution in [-0.2, 0) is 10.3 Å². The summed E-state index contributed by atoms with van der Waals surface area (Å²) in [5, 5.41) is 0. The number of aliphatic imine (C=N–C) groups is 1. The molecule has 0 aliphatic carbocycles. The smallest absolute Gasteiger partial charge is 0.283 e. The molecule has 2 aliphatic rings. The second-order valence-electron chi connectivity index (χ2n) is 9.02. The number of ether oxygens (including phenoxy) is 3. The molecule has 1 aromatic carbocycles. The van der Waals surface area contributed by atoms with Gasteiger partial charge in [0, 0.05) is 29.1 Å². The second kappa shape index (κ2) is 6.97. The number of nitrogens with two attached hydrogens (primary N) is 1. The minimum absolute atomic E-state index is 0.0417. The van der Waals surface area contributed by atoms with E-state index in [9.17, 15) is 0 Å². The van der Waals surface area contributed by atoms with Gasteiger partial charge in [0.15, 0.2) is 11.3 Å². The van der Waals surface area contributed by atoms with Crippen LogP contribution in [0, 0.1) is 5.41 Å². The fourth-order valence-electron chi connectivity index (χ4n) is 3.80. The number of aromatic nitrogens is 2. The highest BCUT2D eigenvalue weighted by atomic mass is 16.5. The van der Waals surface area contributed by atoms with E-state index in [0.29, 0.717) is 18.1 Å². The monoisotopic (exact) mass is 416 g/mol. The molecule has 0 saturated carbocycles. The van der Waals surface area contributed by atoms with E-state index in [1.54, 1.807) is 18.6 Å². The molecule has 0 radical (unpaired) electrons. The minimum Gasteiger partial charge on any atom is -0.493 e. The molecule has 1 atom stereocenters. The number of benzene rings is 1. The average molecular weight is 416 g/mol. The van der Waals surface area contributed by atoms with E-state index >= 15 is 0 Å². The van der Waals surface area contributed by atoms with Gasteiger partial charge in [0.25, 0.3) is 6.02 Å². The van der Waals surface area contributed by atoms with Gasteiger partial charge in [-0.1, -0.05) is 20.8 Å². The zero-order chi connectivity index (χ0) is 21.6. The maximum Gasteiger partial charge on any atom is 0.283 e. The normalized spacial score (nSPS) is 19.1. The molecular weight excluding hydrogens is 392 g/mol. The Labute approximate surface area is 180 Å². The first-order chi connectivity index (χ1) is 14.8. The molecule has 3 aromatic rings. The summed E-state index contributed by atoms with van der Waals surface area (Å²) in [6, 6.07) is 11.8. The quantitative estimate of drug-likeness (QED) is 0.686. The maximum atomic E-state index is 6.19. The SMILES string of the molecule is CC(C)(C)COc1ccc2c(c1)[C@]1(COC(N)=N1)c1cc(-c3cccnc3)ncc1O2. The molecule has 0 bridgehead atoms. The number of amidine groups is 1. The van der Waals surface area contributed by atoms with Crippen molar-refractivity contribution in [2.24, 2.45) is 16.1 Å². The van der Waals surface area contributed by atoms with Crippen LogP contribution in [0.5, 0.6) is 17.2 Å². The Balaban J connectivity index is 1.63. The van der Waals surface area contributed by atoms with Gasteiger partial charge in [-0.05, 0) is 41.8 Å². The number of fused-ring (bicyclic) bond motifs is 4. The molecule has 158 valence electrons. The summed E-state index contributed by atoms with van der Waals surface area (Å²) in [6.07, 6.45) is 5.23. The zero-order valence-electron chi connectivity index (χ0n) is 17.8. The fourth-order valence-corrected chi connectivity index (χ4v) is 3.80. The van der Waals surface area contributed by atoms with Gasteiger partial charge in [0.05, 0.1) is 18.5 Å². The molecule has 0 amide bonds. The van der Waals surface area contributed by atoms with Crippen molar-refractivity contribution in [3.05, 3.63) is 66.1 Å². The first-order valence-corrected chi connectivity index (χ1v) is 10.2. The Bertz CT molecular complexity index is 1170. The van der Waals surface area contributed by atoms with Crippen LogP contribution in [0.4, 0.5) is 0 Å². The van der Waals surface area contributed by atoms with Crippen LogP contribution in [-0.4, -0.2) is 29.2 Å². The number of nitrogens with zero attached hydrogens (tertiary/aromatic N) is 3. The van der Waals surface area contributed by atoms with E-state index in [-0.39, 0.29) is 18.0 Å². The van der Waals surface area contributed by atoms with E-state index in [1.807, 2.05) is 36.4 Å². The highest BCUT2D eigenvalue weighted by Gasteiger charge is 2.47. The zero-order valence-corrected chi connectivity index (χ0v) is 17.8. The Hall–Kier alpha value is -3.61. The van der Waals surface area contributed by atoms with Crippen molar-refractivity contribution in [1.82, 2.24) is 9.97 Å². The Morgan fingerprint density at radius 3 is 2.65 bits per heavy atom. The molecule has 4 heterocycles. The lowest BCUT2D eigenvalue weighted by Crippen LogP contribution is -2.31. The average Bonchev–Trinajstić information content (AvgIpc) is 3.15. The number of rotatable bonds is 3. The molecule has 5 rings (SSSR count). The number of hydrogen-bond acceptors (Lipinski definition) is 7. The van der Waals surface area contributed by atoms with Crippen LogP contribution in [0.3, 0.4) is 0 Å². The molecule has 2 aliphatic heterocycles. The van der Waals surface area contributed by atoms with Crippen LogP contribution in [0.15, 0.2) is 60.0 Å². The lowest BCUT2D eigenvalue weighted by atomic mass is 9.81. The molecular formula is C24H24N4O3. The number of hydrogen-bond donors (Lipinski definition) is 1.